The van der Waals surface area contributed by atoms with Crippen molar-refractivity contribution in [2.24, 2.45) is 11.8 Å². The third-order valence-corrected chi connectivity index (χ3v) is 9.58. The summed E-state index contributed by atoms with van der Waals surface area (Å²) in [5.74, 6) is 2.59. The first-order chi connectivity index (χ1) is 20.1. The van der Waals surface area contributed by atoms with Gasteiger partial charge >= 0.3 is 5.90 Å². The zero-order chi connectivity index (χ0) is 28.1. The Labute approximate surface area is 247 Å². The fraction of sp³-hybridized carbons (Fsp3) is 0.447. The molecule has 1 fully saturated rings. The first-order valence-corrected chi connectivity index (χ1v) is 16.0. The quantitative estimate of drug-likeness (QED) is 0.225. The Kier molecular flexibility index (Phi) is 8.60. The molecule has 2 heterocycles. The normalized spacial score (nSPS) is 19.4. The van der Waals surface area contributed by atoms with Crippen LogP contribution in [0.2, 0.25) is 0 Å². The molecule has 1 saturated carbocycles. The first kappa shape index (κ1) is 27.8. The predicted molar refractivity (Wildman–Crippen MR) is 171 cm³/mol. The highest BCUT2D eigenvalue weighted by atomic mass is 16.5. The summed E-state index contributed by atoms with van der Waals surface area (Å²) in [6.07, 6.45) is 12.4. The largest absolute Gasteiger partial charge is 0.438 e. The second-order valence-electron chi connectivity index (χ2n) is 12.9. The lowest BCUT2D eigenvalue weighted by Gasteiger charge is -2.34. The van der Waals surface area contributed by atoms with Crippen LogP contribution in [-0.4, -0.2) is 36.7 Å². The van der Waals surface area contributed by atoms with Crippen molar-refractivity contribution in [2.75, 3.05) is 31.1 Å². The van der Waals surface area contributed by atoms with Gasteiger partial charge < -0.3 is 9.64 Å². The molecule has 0 saturated heterocycles. The maximum absolute atomic E-state index is 6.42. The van der Waals surface area contributed by atoms with E-state index in [-0.39, 0.29) is 5.41 Å². The van der Waals surface area contributed by atoms with Gasteiger partial charge in [-0.15, -0.1) is 0 Å². The zero-order valence-corrected chi connectivity index (χ0v) is 25.1. The molecule has 3 heteroatoms. The Balaban J connectivity index is 1.50. The summed E-state index contributed by atoms with van der Waals surface area (Å²) in [4.78, 5) is 2.69. The molecule has 3 aromatic rings. The van der Waals surface area contributed by atoms with Gasteiger partial charge in [0.1, 0.15) is 6.54 Å². The highest BCUT2D eigenvalue weighted by Crippen LogP contribution is 2.52. The Morgan fingerprint density at radius 1 is 0.878 bits per heavy atom. The molecule has 0 atom stereocenters. The maximum Gasteiger partial charge on any atom is 0.364 e. The molecule has 0 N–H and O–H groups in total. The highest BCUT2D eigenvalue weighted by molar-refractivity contribution is 5.88. The second-order valence-corrected chi connectivity index (χ2v) is 12.9. The van der Waals surface area contributed by atoms with Crippen molar-refractivity contribution in [3.8, 4) is 0 Å². The molecule has 3 aromatic carbocycles. The van der Waals surface area contributed by atoms with Crippen LogP contribution in [0.15, 0.2) is 96.7 Å². The Hall–Kier alpha value is -3.33. The molecular weight excluding hydrogens is 500 g/mol. The van der Waals surface area contributed by atoms with Crippen LogP contribution >= 0.6 is 0 Å². The van der Waals surface area contributed by atoms with Gasteiger partial charge in [-0.25, -0.2) is 0 Å². The van der Waals surface area contributed by atoms with E-state index in [2.05, 4.69) is 114 Å². The van der Waals surface area contributed by atoms with E-state index in [9.17, 15) is 0 Å². The van der Waals surface area contributed by atoms with Crippen molar-refractivity contribution in [3.05, 3.63) is 113 Å². The molecule has 0 radical (unpaired) electrons. The number of anilines is 1. The average molecular weight is 548 g/mol. The number of fused-ring (bicyclic) bond motifs is 1. The van der Waals surface area contributed by atoms with E-state index in [0.29, 0.717) is 5.92 Å². The van der Waals surface area contributed by atoms with E-state index in [4.69, 9.17) is 4.74 Å². The van der Waals surface area contributed by atoms with Crippen molar-refractivity contribution in [1.82, 2.24) is 0 Å². The monoisotopic (exact) mass is 547 g/mol. The van der Waals surface area contributed by atoms with Crippen molar-refractivity contribution >= 4 is 11.6 Å². The van der Waals surface area contributed by atoms with Gasteiger partial charge in [0.15, 0.2) is 13.2 Å². The van der Waals surface area contributed by atoms with Crippen LogP contribution in [0.3, 0.4) is 0 Å². The maximum atomic E-state index is 6.42. The lowest BCUT2D eigenvalue weighted by Crippen LogP contribution is -2.37. The predicted octanol–water partition coefficient (Wildman–Crippen LogP) is 8.18. The molecule has 0 amide bonds. The zero-order valence-electron chi connectivity index (χ0n) is 25.1. The molecule has 3 aliphatic rings. The van der Waals surface area contributed by atoms with Crippen molar-refractivity contribution in [2.45, 2.75) is 70.6 Å². The molecule has 0 spiro atoms. The SMILES string of the molecule is CC(C)CC[N+]1=C(/C=C2/N(CCC3CCCC3)c3ccccc3C2(Cc2ccccc2)Cc2ccccc2)OCC1. The highest BCUT2D eigenvalue weighted by Gasteiger charge is 2.48. The fourth-order valence-electron chi connectivity index (χ4n) is 7.38. The molecule has 0 bridgehead atoms. The molecule has 3 nitrogen and oxygen atoms in total. The molecule has 2 aliphatic heterocycles. The third kappa shape index (κ3) is 6.15. The van der Waals surface area contributed by atoms with Gasteiger partial charge in [-0.2, -0.15) is 4.58 Å². The number of nitrogens with zero attached hydrogens (tertiary/aromatic N) is 2. The number of para-hydroxylation sites is 1. The molecule has 41 heavy (non-hydrogen) atoms. The van der Waals surface area contributed by atoms with Crippen LogP contribution in [0.4, 0.5) is 5.69 Å². The number of hydrogen-bond donors (Lipinski definition) is 0. The number of benzene rings is 3. The minimum Gasteiger partial charge on any atom is -0.438 e. The van der Waals surface area contributed by atoms with Crippen LogP contribution in [0.5, 0.6) is 0 Å². The van der Waals surface area contributed by atoms with Crippen LogP contribution < -0.4 is 4.90 Å². The first-order valence-electron chi connectivity index (χ1n) is 16.0. The average Bonchev–Trinajstić information content (AvgIpc) is 3.73. The number of hydrogen-bond acceptors (Lipinski definition) is 2. The topological polar surface area (TPSA) is 15.5 Å². The van der Waals surface area contributed by atoms with Crippen molar-refractivity contribution in [3.63, 3.8) is 0 Å². The van der Waals surface area contributed by atoms with Crippen LogP contribution in [0.25, 0.3) is 0 Å². The van der Waals surface area contributed by atoms with Crippen LogP contribution in [0.1, 0.15) is 69.1 Å². The molecule has 0 unspecified atom stereocenters. The Morgan fingerprint density at radius 3 is 2.17 bits per heavy atom. The van der Waals surface area contributed by atoms with Gasteiger partial charge in [-0.1, -0.05) is 118 Å². The van der Waals surface area contributed by atoms with Crippen molar-refractivity contribution < 1.29 is 9.31 Å². The summed E-state index contributed by atoms with van der Waals surface area (Å²) in [7, 11) is 0. The molecule has 1 aliphatic carbocycles. The molecule has 0 aromatic heterocycles. The summed E-state index contributed by atoms with van der Waals surface area (Å²) >= 11 is 0. The summed E-state index contributed by atoms with van der Waals surface area (Å²) in [6, 6.07) is 31.5. The van der Waals surface area contributed by atoms with Gasteiger partial charge in [-0.05, 0) is 53.9 Å². The van der Waals surface area contributed by atoms with Gasteiger partial charge in [0.25, 0.3) is 0 Å². The van der Waals surface area contributed by atoms with Crippen LogP contribution in [-0.2, 0) is 23.0 Å². The van der Waals surface area contributed by atoms with Gasteiger partial charge in [0, 0.05) is 29.8 Å². The van der Waals surface area contributed by atoms with E-state index in [1.807, 2.05) is 0 Å². The minimum atomic E-state index is -0.183. The summed E-state index contributed by atoms with van der Waals surface area (Å²) < 4.78 is 8.91. The standard InChI is InChI=1S/C38H47N2O/c1-30(2)21-23-39-25-26-41-37(39)27-36-38(28-32-15-5-3-6-16-32,29-33-17-7-4-8-18-33)34-19-11-12-20-35(34)40(36)24-22-31-13-9-10-14-31/h3-8,11-12,15-20,27,30-31H,9-10,13-14,21-26,28-29H2,1-2H3/q+1. The summed E-state index contributed by atoms with van der Waals surface area (Å²) in [5, 5.41) is 0. The minimum absolute atomic E-state index is 0.183. The molecule has 6 rings (SSSR count). The number of allylic oxidation sites excluding steroid dienone is 1. The number of rotatable bonds is 11. The van der Waals surface area contributed by atoms with Gasteiger partial charge in [-0.3, -0.25) is 0 Å². The second kappa shape index (κ2) is 12.7. The van der Waals surface area contributed by atoms with E-state index in [1.54, 1.807) is 0 Å². The van der Waals surface area contributed by atoms with Gasteiger partial charge in [0.05, 0.1) is 6.08 Å². The van der Waals surface area contributed by atoms with E-state index < -0.39 is 0 Å². The third-order valence-electron chi connectivity index (χ3n) is 9.58. The number of ether oxygens (including phenoxy) is 1. The van der Waals surface area contributed by atoms with E-state index in [0.717, 1.165) is 50.9 Å². The summed E-state index contributed by atoms with van der Waals surface area (Å²) in [5.41, 5.74) is 6.84. The molecule has 214 valence electrons. The lowest BCUT2D eigenvalue weighted by molar-refractivity contribution is -0.519. The van der Waals surface area contributed by atoms with Crippen molar-refractivity contribution in [1.29, 1.82) is 0 Å². The smallest absolute Gasteiger partial charge is 0.364 e. The molecular formula is C38H47N2O+. The Bertz CT molecular complexity index is 1310. The van der Waals surface area contributed by atoms with Gasteiger partial charge in [0.2, 0.25) is 0 Å². The lowest BCUT2D eigenvalue weighted by atomic mass is 9.70. The van der Waals surface area contributed by atoms with E-state index >= 15 is 0 Å². The summed E-state index contributed by atoms with van der Waals surface area (Å²) in [6.45, 7) is 8.51. The van der Waals surface area contributed by atoms with Crippen LogP contribution in [0, 0.1) is 11.8 Å². The Morgan fingerprint density at radius 2 is 1.51 bits per heavy atom. The van der Waals surface area contributed by atoms with E-state index in [1.165, 1.54) is 66.6 Å². The fourth-order valence-corrected chi connectivity index (χ4v) is 7.38.